The average Bonchev–Trinajstić information content (AvgIpc) is 0. The predicted octanol–water partition coefficient (Wildman–Crippen LogP) is -7.86. The maximum absolute atomic E-state index is 0. The van der Waals surface area contributed by atoms with Crippen LogP contribution in [0.3, 0.4) is 0 Å². The van der Waals surface area contributed by atoms with Gasteiger partial charge in [-0.2, -0.15) is 0 Å². The minimum Gasteiger partial charge on any atom is 0.187 e. The van der Waals surface area contributed by atoms with Crippen molar-refractivity contribution in [3.8, 4) is 0 Å². The van der Waals surface area contributed by atoms with E-state index in [1.807, 2.05) is 0 Å². The molecule has 0 bridgehead atoms. The maximum atomic E-state index is 0. The Kier molecular flexibility index (Phi) is 459. The van der Waals surface area contributed by atoms with Crippen LogP contribution in [0.5, 0.6) is 0 Å². The van der Waals surface area contributed by atoms with Crippen molar-refractivity contribution in [1.29, 1.82) is 0 Å². The van der Waals surface area contributed by atoms with Crippen molar-refractivity contribution in [3.63, 3.8) is 0 Å². The molecule has 0 aliphatic rings. The molecule has 8 heavy (non-hydrogen) atoms. The molecule has 0 radical (unpaired) electrons. The topological polar surface area (TPSA) is 0 Å². The largest absolute Gasteiger partial charge is 0.316 e. The summed E-state index contributed by atoms with van der Waals surface area (Å²) in [5.74, 6) is 0. The fourth-order valence-electron chi connectivity index (χ4n) is 0. The summed E-state index contributed by atoms with van der Waals surface area (Å²) in [6.07, 6.45) is 0. The van der Waals surface area contributed by atoms with Crippen molar-refractivity contribution in [2.75, 3.05) is 0 Å². The van der Waals surface area contributed by atoms with Crippen LogP contribution in [0.15, 0.2) is 0 Å². The molecule has 0 saturated carbocycles. The number of hydrogen-bond donors (Lipinski definition) is 0. The third-order valence-electron chi connectivity index (χ3n) is 0. The third kappa shape index (κ3) is 41.4. The van der Waals surface area contributed by atoms with Gasteiger partial charge in [0.1, 0.15) is 0 Å². The van der Waals surface area contributed by atoms with Crippen LogP contribution < -0.4 is 0 Å². The van der Waals surface area contributed by atoms with Gasteiger partial charge in [0.2, 0.25) is 0 Å². The lowest BCUT2D eigenvalue weighted by molar-refractivity contribution is 5.75. The Balaban J connectivity index is 0. The van der Waals surface area contributed by atoms with E-state index in [9.17, 15) is 0 Å². The lowest BCUT2D eigenvalue weighted by Crippen LogP contribution is -0.382. The van der Waals surface area contributed by atoms with Crippen LogP contribution in [0, 0.1) is 0 Å². The summed E-state index contributed by atoms with van der Waals surface area (Å²) in [7, 11) is 0. The van der Waals surface area contributed by atoms with Gasteiger partial charge >= 0.3 is 138 Å². The van der Waals surface area contributed by atoms with E-state index in [-0.39, 0.29) is 173 Å². The molecule has 8 heteroatoms. The molecule has 0 aliphatic heterocycles. The van der Waals surface area contributed by atoms with Crippen LogP contribution in [0.1, 0.15) is 0 Å². The monoisotopic (exact) mass is 216 g/mol. The van der Waals surface area contributed by atoms with Gasteiger partial charge in [-0.15, -0.1) is 0 Å². The van der Waals surface area contributed by atoms with Crippen LogP contribution in [-0.2, 0) is 0 Å². The zero-order valence-electron chi connectivity index (χ0n) is 0. The Morgan fingerprint density at radius 3 is 0.250 bits per heavy atom. The molecular weight excluding hydrogens is 200 g/mol. The summed E-state index contributed by atoms with van der Waals surface area (Å²) in [5.41, 5.74) is 0. The van der Waals surface area contributed by atoms with Gasteiger partial charge in [0.15, 0.2) is 34.7 Å². The van der Waals surface area contributed by atoms with Crippen molar-refractivity contribution in [3.05, 3.63) is 0 Å². The van der Waals surface area contributed by atoms with Crippen molar-refractivity contribution in [2.45, 2.75) is 0 Å². The van der Waals surface area contributed by atoms with Gasteiger partial charge in [0.25, 0.3) is 0 Å². The van der Waals surface area contributed by atoms with Crippen molar-refractivity contribution < 1.29 is 0 Å². The standard InChI is InChI=1S/2Al.6Mg.18H. The molecule has 0 unspecified atom stereocenters. The van der Waals surface area contributed by atoms with E-state index in [0.29, 0.717) is 0 Å². The van der Waals surface area contributed by atoms with Gasteiger partial charge < -0.3 is 0 Å². The summed E-state index contributed by atoms with van der Waals surface area (Å²) in [5, 5.41) is 0. The summed E-state index contributed by atoms with van der Waals surface area (Å²) in [6.45, 7) is 0. The van der Waals surface area contributed by atoms with Gasteiger partial charge in [0, 0.05) is 0 Å². The Bertz CT molecular complexity index is 6.49. The molecule has 0 aromatic rings. The Morgan fingerprint density at radius 2 is 0.250 bits per heavy atom. The highest BCUT2D eigenvalue weighted by Gasteiger charge is 0.321. The van der Waals surface area contributed by atoms with Gasteiger partial charge in [-0.05, 0) is 0 Å². The molecule has 0 nitrogen and oxygen atoms in total. The summed E-state index contributed by atoms with van der Waals surface area (Å²) in [4.78, 5) is 0. The zero-order valence-corrected chi connectivity index (χ0v) is 0. The fraction of sp³-hybridized carbons (Fsp3) is 0. The predicted molar refractivity (Wildman–Crippen MR) is 71.1 cm³/mol. The maximum Gasteiger partial charge on any atom is 0.316 e. The van der Waals surface area contributed by atoms with E-state index < -0.39 is 0 Å². The van der Waals surface area contributed by atoms with E-state index in [0.717, 1.165) is 0 Å². The van der Waals surface area contributed by atoms with Crippen molar-refractivity contribution in [1.82, 2.24) is 0 Å². The highest BCUT2D eigenvalue weighted by Crippen LogP contribution is -0.374. The zero-order chi connectivity index (χ0) is 0. The lowest BCUT2D eigenvalue weighted by atomic mass is 24.3. The minimum atomic E-state index is 0. The minimum absolute atomic E-state index is 0. The van der Waals surface area contributed by atoms with E-state index in [1.165, 1.54) is 0 Å². The molecule has 0 aromatic carbocycles. The van der Waals surface area contributed by atoms with Crippen LogP contribution in [0.25, 0.3) is 0 Å². The highest BCUT2D eigenvalue weighted by molar-refractivity contribution is 5.76. The van der Waals surface area contributed by atoms with Gasteiger partial charge in [0.05, 0.1) is 0 Å². The van der Waals surface area contributed by atoms with Gasteiger partial charge in [-0.1, -0.05) is 0 Å². The second-order valence-electron chi connectivity index (χ2n) is 0. The number of hydrogen-bond acceptors (Lipinski definition) is 0. The molecule has 0 N–H and O–H groups in total. The second kappa shape index (κ2) is 53.7. The first-order chi connectivity index (χ1) is 0. The van der Waals surface area contributed by atoms with Crippen LogP contribution >= 0.6 is 0 Å². The van der Waals surface area contributed by atoms with Gasteiger partial charge in [-0.3, -0.25) is 0 Å². The molecule has 0 aromatic heterocycles. The van der Waals surface area contributed by atoms with Gasteiger partial charge in [-0.25, -0.2) is 0 Å². The molecule has 0 fully saturated rings. The van der Waals surface area contributed by atoms with E-state index >= 15 is 0 Å². The van der Waals surface area contributed by atoms with Crippen LogP contribution in [0.4, 0.5) is 0 Å². The molecule has 0 atom stereocenters. The molecule has 0 spiro atoms. The first-order valence-electron chi connectivity index (χ1n) is 0. The highest BCUT2D eigenvalue weighted by atomic mass is 27.0. The lowest BCUT2D eigenvalue weighted by Gasteiger charge is 0.186. The smallest absolute Gasteiger partial charge is 0.187 e. The molecule has 36 valence electrons. The Hall–Kier alpha value is 5.66. The van der Waals surface area contributed by atoms with E-state index in [1.54, 1.807) is 0 Å². The number of rotatable bonds is 0. The molecule has 0 saturated heterocycles. The fourth-order valence-corrected chi connectivity index (χ4v) is 0. The Labute approximate surface area is 169 Å². The average molecular weight is 218 g/mol. The molecule has 0 heterocycles. The summed E-state index contributed by atoms with van der Waals surface area (Å²) >= 11 is 0. The quantitative estimate of drug-likeness (QED) is 0.354. The summed E-state index contributed by atoms with van der Waals surface area (Å²) in [6, 6.07) is 0. The van der Waals surface area contributed by atoms with Crippen molar-refractivity contribution >= 4 is 173 Å². The van der Waals surface area contributed by atoms with E-state index in [2.05, 4.69) is 0 Å². The first kappa shape index (κ1) is 68.3. The summed E-state index contributed by atoms with van der Waals surface area (Å²) < 4.78 is 0. The Morgan fingerprint density at radius 1 is 0.250 bits per heavy atom. The molecule has 0 amide bonds. The van der Waals surface area contributed by atoms with E-state index in [4.69, 9.17) is 0 Å². The normalized spacial score (nSPS) is 0. The molecular formula is H18Al2Mg6. The molecule has 0 aliphatic carbocycles. The first-order valence-corrected chi connectivity index (χ1v) is 0. The third-order valence-corrected chi connectivity index (χ3v) is 0. The van der Waals surface area contributed by atoms with Crippen molar-refractivity contribution in [2.24, 2.45) is 0 Å². The molecule has 0 rings (SSSR count). The van der Waals surface area contributed by atoms with Crippen LogP contribution in [0.2, 0.25) is 0 Å². The SMILES string of the molecule is [AlH3].[AlH3].[MgH2].[MgH2].[MgH2].[MgH2].[MgH2].[MgH2]. The van der Waals surface area contributed by atoms with Crippen LogP contribution in [-0.4, -0.2) is 173 Å². The second-order valence-corrected chi connectivity index (χ2v) is 0.